The number of piperazine rings is 1. The van der Waals surface area contributed by atoms with Gasteiger partial charge in [-0.15, -0.1) is 0 Å². The number of carbonyl (C=O) groups excluding carboxylic acids is 1. The molecule has 0 bridgehead atoms. The minimum absolute atomic E-state index is 0.0209. The smallest absolute Gasteiger partial charge is 0.238 e. The van der Waals surface area contributed by atoms with Gasteiger partial charge in [0.15, 0.2) is 0 Å². The topological polar surface area (TPSA) is 35.6 Å². The van der Waals surface area contributed by atoms with E-state index in [4.69, 9.17) is 11.6 Å². The number of anilines is 2. The van der Waals surface area contributed by atoms with Crippen molar-refractivity contribution in [3.05, 3.63) is 59.1 Å². The van der Waals surface area contributed by atoms with E-state index in [0.717, 1.165) is 26.2 Å². The van der Waals surface area contributed by atoms with Gasteiger partial charge >= 0.3 is 0 Å². The maximum absolute atomic E-state index is 12.2. The van der Waals surface area contributed by atoms with Crippen molar-refractivity contribution < 1.29 is 4.79 Å². The van der Waals surface area contributed by atoms with Gasteiger partial charge in [-0.3, -0.25) is 9.69 Å². The Balaban J connectivity index is 1.51. The highest BCUT2D eigenvalue weighted by atomic mass is 35.5. The normalized spacial score (nSPS) is 15.3. The third kappa shape index (κ3) is 4.08. The molecule has 3 rings (SSSR count). The van der Waals surface area contributed by atoms with Crippen LogP contribution in [-0.2, 0) is 4.79 Å². The van der Waals surface area contributed by atoms with Gasteiger partial charge in [0.25, 0.3) is 0 Å². The molecule has 126 valence electrons. The van der Waals surface area contributed by atoms with Crippen molar-refractivity contribution in [1.82, 2.24) is 4.90 Å². The molecule has 0 atom stereocenters. The maximum atomic E-state index is 12.2. The number of benzene rings is 2. The van der Waals surface area contributed by atoms with Crippen molar-refractivity contribution in [3.63, 3.8) is 0 Å². The molecule has 1 aliphatic rings. The van der Waals surface area contributed by atoms with Crippen LogP contribution in [0.25, 0.3) is 0 Å². The van der Waals surface area contributed by atoms with Crippen molar-refractivity contribution in [3.8, 4) is 0 Å². The van der Waals surface area contributed by atoms with Gasteiger partial charge in [0.05, 0.1) is 17.3 Å². The summed E-state index contributed by atoms with van der Waals surface area (Å²) >= 11 is 6.08. The minimum Gasteiger partial charge on any atom is -0.369 e. The monoisotopic (exact) mass is 343 g/mol. The highest BCUT2D eigenvalue weighted by Crippen LogP contribution is 2.22. The highest BCUT2D eigenvalue weighted by Gasteiger charge is 2.20. The lowest BCUT2D eigenvalue weighted by molar-refractivity contribution is -0.117. The number of amides is 1. The summed E-state index contributed by atoms with van der Waals surface area (Å²) in [7, 11) is 0. The SMILES string of the molecule is Cc1ccccc1N1CCN(CC(=O)Nc2ccccc2Cl)CC1. The molecule has 4 nitrogen and oxygen atoms in total. The predicted molar refractivity (Wildman–Crippen MR) is 99.9 cm³/mol. The zero-order valence-electron chi connectivity index (χ0n) is 13.8. The summed E-state index contributed by atoms with van der Waals surface area (Å²) in [5, 5.41) is 3.45. The fourth-order valence-corrected chi connectivity index (χ4v) is 3.20. The standard InChI is InChI=1S/C19H22ClN3O/c1-15-6-2-5-9-18(15)23-12-10-22(11-13-23)14-19(24)21-17-8-4-3-7-16(17)20/h2-9H,10-14H2,1H3,(H,21,24). The number of nitrogens with one attached hydrogen (secondary N) is 1. The summed E-state index contributed by atoms with van der Waals surface area (Å²) in [4.78, 5) is 16.8. The zero-order valence-corrected chi connectivity index (χ0v) is 14.6. The first-order valence-corrected chi connectivity index (χ1v) is 8.58. The van der Waals surface area contributed by atoms with Gasteiger partial charge in [0.2, 0.25) is 5.91 Å². The second-order valence-corrected chi connectivity index (χ2v) is 6.48. The van der Waals surface area contributed by atoms with E-state index in [2.05, 4.69) is 46.3 Å². The number of hydrogen-bond donors (Lipinski definition) is 1. The van der Waals surface area contributed by atoms with E-state index in [9.17, 15) is 4.79 Å². The summed E-state index contributed by atoms with van der Waals surface area (Å²) in [6.07, 6.45) is 0. The Hall–Kier alpha value is -2.04. The molecule has 2 aromatic carbocycles. The Bertz CT molecular complexity index is 711. The molecule has 0 unspecified atom stereocenters. The van der Waals surface area contributed by atoms with Crippen LogP contribution in [0, 0.1) is 6.92 Å². The number of para-hydroxylation sites is 2. The van der Waals surface area contributed by atoms with Crippen LogP contribution < -0.4 is 10.2 Å². The van der Waals surface area contributed by atoms with Gasteiger partial charge in [-0.2, -0.15) is 0 Å². The molecule has 2 aromatic rings. The van der Waals surface area contributed by atoms with Gasteiger partial charge < -0.3 is 10.2 Å². The van der Waals surface area contributed by atoms with Crippen molar-refractivity contribution in [1.29, 1.82) is 0 Å². The first-order chi connectivity index (χ1) is 11.6. The first kappa shape index (κ1) is 16.8. The van der Waals surface area contributed by atoms with Crippen LogP contribution in [0.15, 0.2) is 48.5 Å². The average molecular weight is 344 g/mol. The molecule has 1 saturated heterocycles. The van der Waals surface area contributed by atoms with Gasteiger partial charge in [0.1, 0.15) is 0 Å². The molecule has 1 fully saturated rings. The van der Waals surface area contributed by atoms with Gasteiger partial charge in [-0.25, -0.2) is 0 Å². The van der Waals surface area contributed by atoms with E-state index in [1.54, 1.807) is 6.07 Å². The molecule has 5 heteroatoms. The van der Waals surface area contributed by atoms with E-state index in [0.29, 0.717) is 17.3 Å². The molecule has 1 N–H and O–H groups in total. The molecule has 1 amide bonds. The second-order valence-electron chi connectivity index (χ2n) is 6.08. The van der Waals surface area contributed by atoms with E-state index in [-0.39, 0.29) is 5.91 Å². The van der Waals surface area contributed by atoms with Crippen molar-refractivity contribution in [2.75, 3.05) is 42.9 Å². The molecule has 0 radical (unpaired) electrons. The lowest BCUT2D eigenvalue weighted by Gasteiger charge is -2.36. The Morgan fingerprint density at radius 2 is 1.71 bits per heavy atom. The Morgan fingerprint density at radius 1 is 1.04 bits per heavy atom. The summed E-state index contributed by atoms with van der Waals surface area (Å²) < 4.78 is 0. The number of halogens is 1. The number of nitrogens with zero attached hydrogens (tertiary/aromatic N) is 2. The molecule has 1 heterocycles. The summed E-state index contributed by atoms with van der Waals surface area (Å²) in [5.74, 6) is -0.0209. The van der Waals surface area contributed by atoms with E-state index in [1.165, 1.54) is 11.3 Å². The fourth-order valence-electron chi connectivity index (χ4n) is 3.02. The van der Waals surface area contributed by atoms with Crippen LogP contribution in [0.5, 0.6) is 0 Å². The quantitative estimate of drug-likeness (QED) is 0.924. The molecular formula is C19H22ClN3O. The van der Waals surface area contributed by atoms with Crippen LogP contribution >= 0.6 is 11.6 Å². The second kappa shape index (κ2) is 7.69. The van der Waals surface area contributed by atoms with Gasteiger partial charge in [-0.05, 0) is 30.7 Å². The Kier molecular flexibility index (Phi) is 5.38. The average Bonchev–Trinajstić information content (AvgIpc) is 2.58. The minimum atomic E-state index is -0.0209. The molecule has 0 spiro atoms. The van der Waals surface area contributed by atoms with Gasteiger partial charge in [0, 0.05) is 31.9 Å². The van der Waals surface area contributed by atoms with Crippen LogP contribution in [0.2, 0.25) is 5.02 Å². The Labute approximate surface area is 148 Å². The maximum Gasteiger partial charge on any atom is 0.238 e. The van der Waals surface area contributed by atoms with Crippen molar-refractivity contribution in [2.24, 2.45) is 0 Å². The number of aryl methyl sites for hydroxylation is 1. The third-order valence-electron chi connectivity index (χ3n) is 4.34. The Morgan fingerprint density at radius 3 is 2.42 bits per heavy atom. The zero-order chi connectivity index (χ0) is 16.9. The molecule has 0 aliphatic carbocycles. The largest absolute Gasteiger partial charge is 0.369 e. The summed E-state index contributed by atoms with van der Waals surface area (Å²) in [6.45, 7) is 6.16. The molecule has 0 aromatic heterocycles. The predicted octanol–water partition coefficient (Wildman–Crippen LogP) is 3.41. The van der Waals surface area contributed by atoms with Crippen LogP contribution in [0.4, 0.5) is 11.4 Å². The first-order valence-electron chi connectivity index (χ1n) is 8.21. The molecular weight excluding hydrogens is 322 g/mol. The van der Waals surface area contributed by atoms with Crippen LogP contribution in [-0.4, -0.2) is 43.5 Å². The number of carbonyl (C=O) groups is 1. The van der Waals surface area contributed by atoms with E-state index >= 15 is 0 Å². The number of rotatable bonds is 4. The molecule has 24 heavy (non-hydrogen) atoms. The summed E-state index contributed by atoms with van der Waals surface area (Å²) in [6, 6.07) is 15.7. The molecule has 0 saturated carbocycles. The lowest BCUT2D eigenvalue weighted by Crippen LogP contribution is -2.48. The summed E-state index contributed by atoms with van der Waals surface area (Å²) in [5.41, 5.74) is 3.25. The van der Waals surface area contributed by atoms with Gasteiger partial charge in [-0.1, -0.05) is 41.9 Å². The van der Waals surface area contributed by atoms with E-state index < -0.39 is 0 Å². The fraction of sp³-hybridized carbons (Fsp3) is 0.316. The third-order valence-corrected chi connectivity index (χ3v) is 4.67. The van der Waals surface area contributed by atoms with Crippen molar-refractivity contribution >= 4 is 28.9 Å². The van der Waals surface area contributed by atoms with Crippen molar-refractivity contribution in [2.45, 2.75) is 6.92 Å². The highest BCUT2D eigenvalue weighted by molar-refractivity contribution is 6.33. The lowest BCUT2D eigenvalue weighted by atomic mass is 10.1. The number of hydrogen-bond acceptors (Lipinski definition) is 3. The van der Waals surface area contributed by atoms with E-state index in [1.807, 2.05) is 18.2 Å². The van der Waals surface area contributed by atoms with Crippen LogP contribution in [0.3, 0.4) is 0 Å². The molecule has 1 aliphatic heterocycles. The van der Waals surface area contributed by atoms with Crippen LogP contribution in [0.1, 0.15) is 5.56 Å².